The number of amides is 1. The normalized spacial score (nSPS) is 11.7. The monoisotopic (exact) mass is 481 g/mol. The molecule has 0 bridgehead atoms. The third-order valence-electron chi connectivity index (χ3n) is 6.19. The van der Waals surface area contributed by atoms with Crippen LogP contribution in [-0.2, 0) is 9.36 Å². The van der Waals surface area contributed by atoms with Crippen LogP contribution in [0.5, 0.6) is 0 Å². The molecule has 1 amide bonds. The Morgan fingerprint density at radius 1 is 0.625 bits per heavy atom. The number of nitrogens with one attached hydrogen (secondary N) is 1. The first-order valence-electron chi connectivity index (χ1n) is 13.1. The Labute approximate surface area is 198 Å². The Bertz CT molecular complexity index is 451. The summed E-state index contributed by atoms with van der Waals surface area (Å²) in [6, 6.07) is 0. The largest absolute Gasteiger partial charge is 0.466 e. The SMILES string of the molecule is CCCCCCCCCCCCCCCCCC(=O)N[N+](CC)(CC)CC.O=P(O)(O)O. The van der Waals surface area contributed by atoms with E-state index in [-0.39, 0.29) is 5.91 Å². The smallest absolute Gasteiger partial charge is 0.303 e. The van der Waals surface area contributed by atoms with E-state index in [0.717, 1.165) is 30.6 Å². The number of rotatable bonds is 20. The van der Waals surface area contributed by atoms with Gasteiger partial charge < -0.3 is 14.7 Å². The van der Waals surface area contributed by atoms with E-state index in [4.69, 9.17) is 19.2 Å². The van der Waals surface area contributed by atoms with Gasteiger partial charge in [0, 0.05) is 6.42 Å². The summed E-state index contributed by atoms with van der Waals surface area (Å²) in [6.07, 6.45) is 21.2. The predicted octanol–water partition coefficient (Wildman–Crippen LogP) is 6.23. The minimum Gasteiger partial charge on any atom is -0.303 e. The number of carbonyl (C=O) groups excluding carboxylic acids is 1. The molecule has 0 radical (unpaired) electrons. The van der Waals surface area contributed by atoms with Crippen molar-refractivity contribution in [1.29, 1.82) is 0 Å². The fourth-order valence-corrected chi connectivity index (χ4v) is 3.89. The van der Waals surface area contributed by atoms with Crippen molar-refractivity contribution in [3.05, 3.63) is 0 Å². The van der Waals surface area contributed by atoms with E-state index in [1.54, 1.807) is 0 Å². The third kappa shape index (κ3) is 25.8. The molecule has 0 aromatic rings. The molecule has 32 heavy (non-hydrogen) atoms. The van der Waals surface area contributed by atoms with Gasteiger partial charge in [-0.15, -0.1) is 0 Å². The van der Waals surface area contributed by atoms with Crippen LogP contribution < -0.4 is 5.43 Å². The van der Waals surface area contributed by atoms with E-state index < -0.39 is 7.82 Å². The minimum absolute atomic E-state index is 0.232. The zero-order valence-corrected chi connectivity index (χ0v) is 22.4. The van der Waals surface area contributed by atoms with Crippen LogP contribution in [0.4, 0.5) is 0 Å². The molecule has 0 saturated heterocycles. The van der Waals surface area contributed by atoms with E-state index >= 15 is 0 Å². The molecule has 0 spiro atoms. The predicted molar refractivity (Wildman–Crippen MR) is 134 cm³/mol. The molecule has 0 rings (SSSR count). The van der Waals surface area contributed by atoms with Crippen LogP contribution in [0.2, 0.25) is 0 Å². The minimum atomic E-state index is -4.64. The average molecular weight is 482 g/mol. The Morgan fingerprint density at radius 3 is 1.19 bits per heavy atom. The molecule has 0 aromatic carbocycles. The second kappa shape index (κ2) is 22.3. The molecule has 0 atom stereocenters. The molecule has 0 aromatic heterocycles. The van der Waals surface area contributed by atoms with Crippen molar-refractivity contribution in [3.8, 4) is 0 Å². The van der Waals surface area contributed by atoms with Gasteiger partial charge in [0.15, 0.2) is 0 Å². The van der Waals surface area contributed by atoms with E-state index in [1.807, 2.05) is 0 Å². The molecule has 0 aliphatic rings. The Hall–Kier alpha value is -0.460. The second-order valence-corrected chi connectivity index (χ2v) is 9.87. The third-order valence-corrected chi connectivity index (χ3v) is 6.19. The fourth-order valence-electron chi connectivity index (χ4n) is 3.89. The van der Waals surface area contributed by atoms with Gasteiger partial charge in [0.25, 0.3) is 5.91 Å². The number of phosphoric acid groups is 1. The molecule has 0 fully saturated rings. The van der Waals surface area contributed by atoms with Crippen molar-refractivity contribution in [3.63, 3.8) is 0 Å². The standard InChI is InChI=1S/C24H50N2O.H3O4P/c1-5-9-10-11-12-13-14-15-16-17-18-19-20-21-22-23-24(27)25-26(6-2,7-3)8-4;1-5(2,3)4/h5-23H2,1-4H3;(H3,1,2,3,4)/p+1. The van der Waals surface area contributed by atoms with Crippen LogP contribution in [0.25, 0.3) is 0 Å². The Kier molecular flexibility index (Phi) is 23.5. The summed E-state index contributed by atoms with van der Waals surface area (Å²) in [4.78, 5) is 33.7. The van der Waals surface area contributed by atoms with Gasteiger partial charge in [0.1, 0.15) is 0 Å². The number of unbranched alkanes of at least 4 members (excludes halogenated alkanes) is 14. The summed E-state index contributed by atoms with van der Waals surface area (Å²) in [5, 5.41) is 0. The summed E-state index contributed by atoms with van der Waals surface area (Å²) in [6.45, 7) is 11.7. The maximum Gasteiger partial charge on any atom is 0.466 e. The number of hydrogen-bond donors (Lipinski definition) is 4. The van der Waals surface area contributed by atoms with E-state index in [1.165, 1.54) is 89.9 Å². The summed E-state index contributed by atoms with van der Waals surface area (Å²) >= 11 is 0. The van der Waals surface area contributed by atoms with E-state index in [9.17, 15) is 4.79 Å². The summed E-state index contributed by atoms with van der Waals surface area (Å²) in [5.74, 6) is 0.232. The van der Waals surface area contributed by atoms with Gasteiger partial charge in [-0.3, -0.25) is 4.79 Å². The van der Waals surface area contributed by atoms with Gasteiger partial charge >= 0.3 is 7.82 Å². The highest BCUT2D eigenvalue weighted by molar-refractivity contribution is 7.45. The molecule has 0 aliphatic carbocycles. The molecule has 0 saturated carbocycles. The lowest BCUT2D eigenvalue weighted by Crippen LogP contribution is -2.59. The Morgan fingerprint density at radius 2 is 0.906 bits per heavy atom. The van der Waals surface area contributed by atoms with Crippen molar-refractivity contribution in [1.82, 2.24) is 5.43 Å². The molecule has 4 N–H and O–H groups in total. The fraction of sp³-hybridized carbons (Fsp3) is 0.958. The molecule has 8 heteroatoms. The van der Waals surface area contributed by atoms with Crippen LogP contribution in [0.15, 0.2) is 0 Å². The van der Waals surface area contributed by atoms with Crippen molar-refractivity contribution < 1.29 is 28.6 Å². The topological polar surface area (TPSA) is 107 Å². The quantitative estimate of drug-likeness (QED) is 0.0714. The van der Waals surface area contributed by atoms with Gasteiger partial charge in [-0.05, 0) is 27.2 Å². The molecule has 0 unspecified atom stereocenters. The Balaban J connectivity index is 0. The van der Waals surface area contributed by atoms with Crippen LogP contribution >= 0.6 is 7.82 Å². The van der Waals surface area contributed by atoms with Crippen LogP contribution in [0.3, 0.4) is 0 Å². The van der Waals surface area contributed by atoms with Crippen molar-refractivity contribution in [2.45, 2.75) is 130 Å². The highest BCUT2D eigenvalue weighted by Crippen LogP contribution is 2.25. The molecular weight excluding hydrogens is 427 g/mol. The highest BCUT2D eigenvalue weighted by atomic mass is 31.2. The highest BCUT2D eigenvalue weighted by Gasteiger charge is 2.23. The summed E-state index contributed by atoms with van der Waals surface area (Å²) < 4.78 is 9.60. The number of carbonyl (C=O) groups is 1. The number of nitrogens with zero attached hydrogens (tertiary/aromatic N) is 1. The second-order valence-electron chi connectivity index (χ2n) is 8.84. The van der Waals surface area contributed by atoms with Gasteiger partial charge in [0.05, 0.1) is 19.6 Å². The van der Waals surface area contributed by atoms with Gasteiger partial charge in [-0.2, -0.15) is 0 Å². The molecule has 7 nitrogen and oxygen atoms in total. The first-order chi connectivity index (χ1) is 15.1. The molecule has 0 aliphatic heterocycles. The van der Waals surface area contributed by atoms with Crippen LogP contribution in [-0.4, -0.2) is 44.8 Å². The zero-order chi connectivity index (χ0) is 24.7. The van der Waals surface area contributed by atoms with Crippen LogP contribution in [0, 0.1) is 0 Å². The zero-order valence-electron chi connectivity index (χ0n) is 21.5. The molecule has 0 heterocycles. The van der Waals surface area contributed by atoms with Crippen LogP contribution in [0.1, 0.15) is 130 Å². The van der Waals surface area contributed by atoms with Gasteiger partial charge in [-0.25, -0.2) is 14.6 Å². The molecule has 194 valence electrons. The lowest BCUT2D eigenvalue weighted by molar-refractivity contribution is -0.956. The van der Waals surface area contributed by atoms with Crippen molar-refractivity contribution >= 4 is 13.7 Å². The van der Waals surface area contributed by atoms with E-state index in [0.29, 0.717) is 6.42 Å². The van der Waals surface area contributed by atoms with Crippen molar-refractivity contribution in [2.24, 2.45) is 0 Å². The average Bonchev–Trinajstić information content (AvgIpc) is 2.73. The van der Waals surface area contributed by atoms with Gasteiger partial charge in [0.2, 0.25) is 0 Å². The summed E-state index contributed by atoms with van der Waals surface area (Å²) in [7, 11) is -4.64. The van der Waals surface area contributed by atoms with Gasteiger partial charge in [-0.1, -0.05) is 96.8 Å². The first-order valence-corrected chi connectivity index (χ1v) is 14.7. The van der Waals surface area contributed by atoms with E-state index in [2.05, 4.69) is 33.1 Å². The lowest BCUT2D eigenvalue weighted by Gasteiger charge is -2.34. The summed E-state index contributed by atoms with van der Waals surface area (Å²) in [5.41, 5.74) is 3.23. The maximum absolute atomic E-state index is 12.1. The maximum atomic E-state index is 12.1. The molecular formula is C24H54N2O5P+. The lowest BCUT2D eigenvalue weighted by atomic mass is 10.0. The number of quaternary nitrogens is 1. The number of hydrogen-bond acceptors (Lipinski definition) is 2. The van der Waals surface area contributed by atoms with Crippen molar-refractivity contribution in [2.75, 3.05) is 19.6 Å². The first kappa shape index (κ1) is 33.7.